The molecule has 0 radical (unpaired) electrons. The Morgan fingerprint density at radius 2 is 1.65 bits per heavy atom. The van der Waals surface area contributed by atoms with Crippen molar-refractivity contribution in [2.24, 2.45) is 40.4 Å². The predicted octanol–water partition coefficient (Wildman–Crippen LogP) is 5.21. The molecule has 4 aliphatic carbocycles. The highest BCUT2D eigenvalue weighted by atomic mass is 16.6. The molecule has 210 valence electrons. The Morgan fingerprint density at radius 3 is 2.30 bits per heavy atom. The second-order valence-corrected chi connectivity index (χ2v) is 13.2. The van der Waals surface area contributed by atoms with E-state index in [1.54, 1.807) is 0 Å². The van der Waals surface area contributed by atoms with E-state index in [2.05, 4.69) is 13.8 Å². The highest BCUT2D eigenvalue weighted by molar-refractivity contribution is 5.69. The van der Waals surface area contributed by atoms with E-state index in [1.165, 1.54) is 13.8 Å². The van der Waals surface area contributed by atoms with Gasteiger partial charge in [-0.25, -0.2) is 0 Å². The van der Waals surface area contributed by atoms with Gasteiger partial charge in [0.05, 0.1) is 12.2 Å². The number of ether oxygens (including phenoxy) is 3. The summed E-state index contributed by atoms with van der Waals surface area (Å²) >= 11 is 0. The Morgan fingerprint density at radius 1 is 0.946 bits per heavy atom. The van der Waals surface area contributed by atoms with Gasteiger partial charge in [0.2, 0.25) is 0 Å². The van der Waals surface area contributed by atoms with E-state index in [1.807, 2.05) is 13.8 Å². The fraction of sp³-hybridized carbons (Fsp3) is 0.900. The van der Waals surface area contributed by atoms with E-state index >= 15 is 0 Å². The number of esters is 3. The van der Waals surface area contributed by atoms with Gasteiger partial charge in [0.25, 0.3) is 0 Å². The first kappa shape index (κ1) is 28.4. The van der Waals surface area contributed by atoms with E-state index in [9.17, 15) is 19.5 Å². The minimum Gasteiger partial charge on any atom is -0.463 e. The van der Waals surface area contributed by atoms with Gasteiger partial charge in [-0.15, -0.1) is 0 Å². The number of aliphatic hydroxyl groups is 1. The lowest BCUT2D eigenvalue weighted by Crippen LogP contribution is -2.63. The summed E-state index contributed by atoms with van der Waals surface area (Å²) in [6, 6.07) is 0. The number of carbonyl (C=O) groups is 3. The van der Waals surface area contributed by atoms with Crippen LogP contribution in [-0.2, 0) is 28.6 Å². The molecule has 1 N–H and O–H groups in total. The largest absolute Gasteiger partial charge is 0.463 e. The zero-order chi connectivity index (χ0) is 27.1. The third-order valence-corrected chi connectivity index (χ3v) is 10.8. The number of hydrogen-bond acceptors (Lipinski definition) is 7. The van der Waals surface area contributed by atoms with Crippen LogP contribution in [0, 0.1) is 40.4 Å². The zero-order valence-electron chi connectivity index (χ0n) is 23.7. The van der Waals surface area contributed by atoms with E-state index in [0.717, 1.165) is 57.8 Å². The van der Waals surface area contributed by atoms with Gasteiger partial charge in [0.15, 0.2) is 0 Å². The Bertz CT molecular complexity index is 870. The fourth-order valence-electron chi connectivity index (χ4n) is 9.24. The molecule has 4 fully saturated rings. The van der Waals surface area contributed by atoms with E-state index in [0.29, 0.717) is 12.3 Å². The zero-order valence-corrected chi connectivity index (χ0v) is 23.7. The van der Waals surface area contributed by atoms with Gasteiger partial charge in [-0.3, -0.25) is 14.4 Å². The fourth-order valence-corrected chi connectivity index (χ4v) is 9.24. The van der Waals surface area contributed by atoms with Gasteiger partial charge in [-0.05, 0) is 101 Å². The highest BCUT2D eigenvalue weighted by Gasteiger charge is 2.67. The lowest BCUT2D eigenvalue weighted by molar-refractivity contribution is -0.221. The molecule has 0 aromatic heterocycles. The summed E-state index contributed by atoms with van der Waals surface area (Å²) in [5.74, 6) is 0.722. The summed E-state index contributed by atoms with van der Waals surface area (Å²) in [6.07, 6.45) is 7.34. The van der Waals surface area contributed by atoms with Crippen LogP contribution in [0.3, 0.4) is 0 Å². The molecule has 4 rings (SSSR count). The molecule has 0 aromatic rings. The van der Waals surface area contributed by atoms with Crippen LogP contribution in [0.15, 0.2) is 0 Å². The van der Waals surface area contributed by atoms with Crippen LogP contribution >= 0.6 is 0 Å². The quantitative estimate of drug-likeness (QED) is 0.363. The minimum absolute atomic E-state index is 0.0268. The molecule has 4 aliphatic rings. The van der Waals surface area contributed by atoms with Crippen molar-refractivity contribution < 1.29 is 33.7 Å². The second-order valence-electron chi connectivity index (χ2n) is 13.2. The predicted molar refractivity (Wildman–Crippen MR) is 138 cm³/mol. The van der Waals surface area contributed by atoms with Gasteiger partial charge in [0.1, 0.15) is 12.2 Å². The molecule has 0 saturated heterocycles. The second kappa shape index (κ2) is 10.9. The highest BCUT2D eigenvalue weighted by Crippen LogP contribution is 2.68. The standard InChI is InChI=1S/C30H48O7/c1-17(2)35-27(34)9-7-8-20-10-11-23-28-24(16-26(30(20,23)6)37-19(4)32)29(5)13-12-22(33)14-21(29)15-25(28)36-18(3)31/h17,20-26,28,33H,7-16H2,1-6H3/t20-,21-,22+,23-,24?,25+,26-,28?,29-,30+/m0/s1. The normalized spacial score (nSPS) is 42.8. The van der Waals surface area contributed by atoms with E-state index in [4.69, 9.17) is 14.2 Å². The van der Waals surface area contributed by atoms with Crippen LogP contribution < -0.4 is 0 Å². The van der Waals surface area contributed by atoms with Crippen LogP contribution in [0.1, 0.15) is 106 Å². The third kappa shape index (κ3) is 5.44. The number of fused-ring (bicyclic) bond motifs is 5. The van der Waals surface area contributed by atoms with Crippen molar-refractivity contribution in [3.05, 3.63) is 0 Å². The van der Waals surface area contributed by atoms with Crippen LogP contribution in [0.2, 0.25) is 0 Å². The smallest absolute Gasteiger partial charge is 0.306 e. The molecule has 2 unspecified atom stereocenters. The summed E-state index contributed by atoms with van der Waals surface area (Å²) in [4.78, 5) is 36.7. The molecule has 0 aromatic carbocycles. The van der Waals surface area contributed by atoms with Crippen LogP contribution in [0.4, 0.5) is 0 Å². The van der Waals surface area contributed by atoms with Gasteiger partial charge >= 0.3 is 17.9 Å². The Kier molecular flexibility index (Phi) is 8.33. The average molecular weight is 521 g/mol. The van der Waals surface area contributed by atoms with Crippen molar-refractivity contribution in [2.45, 2.75) is 130 Å². The summed E-state index contributed by atoms with van der Waals surface area (Å²) < 4.78 is 17.5. The lowest BCUT2D eigenvalue weighted by atomic mass is 9.43. The van der Waals surface area contributed by atoms with Crippen molar-refractivity contribution in [2.75, 3.05) is 0 Å². The Hall–Kier alpha value is -1.63. The van der Waals surface area contributed by atoms with Crippen molar-refractivity contribution in [1.82, 2.24) is 0 Å². The molecule has 7 heteroatoms. The summed E-state index contributed by atoms with van der Waals surface area (Å²) in [6.45, 7) is 11.4. The summed E-state index contributed by atoms with van der Waals surface area (Å²) in [7, 11) is 0. The summed E-state index contributed by atoms with van der Waals surface area (Å²) in [5, 5.41) is 10.5. The minimum atomic E-state index is -0.302. The molecule has 37 heavy (non-hydrogen) atoms. The molecule has 0 heterocycles. The number of carbonyl (C=O) groups excluding carboxylic acids is 3. The molecule has 0 aliphatic heterocycles. The van der Waals surface area contributed by atoms with Gasteiger partial charge in [0, 0.05) is 31.6 Å². The van der Waals surface area contributed by atoms with Crippen LogP contribution in [0.25, 0.3) is 0 Å². The van der Waals surface area contributed by atoms with Gasteiger partial charge in [-0.1, -0.05) is 13.8 Å². The number of rotatable bonds is 7. The van der Waals surface area contributed by atoms with Crippen LogP contribution in [0.5, 0.6) is 0 Å². The Labute approximate surface area is 222 Å². The van der Waals surface area contributed by atoms with E-state index < -0.39 is 0 Å². The molecule has 0 amide bonds. The van der Waals surface area contributed by atoms with E-state index in [-0.39, 0.29) is 76.8 Å². The van der Waals surface area contributed by atoms with Crippen molar-refractivity contribution in [1.29, 1.82) is 0 Å². The Balaban J connectivity index is 1.63. The van der Waals surface area contributed by atoms with Crippen molar-refractivity contribution in [3.8, 4) is 0 Å². The maximum atomic E-state index is 12.3. The molecule has 10 atom stereocenters. The molecule has 0 bridgehead atoms. The molecular formula is C30H48O7. The van der Waals surface area contributed by atoms with Crippen molar-refractivity contribution >= 4 is 17.9 Å². The molecule has 4 saturated carbocycles. The monoisotopic (exact) mass is 520 g/mol. The average Bonchev–Trinajstić information content (AvgIpc) is 3.11. The SMILES string of the molecule is CC(=O)O[C@H]1CC2C([C@H](OC(C)=O)C[C@@H]3C[C@H](O)CC[C@]23C)[C@@H]2CC[C@H](CCCC(=O)OC(C)C)[C@@]12C. The first-order valence-electron chi connectivity index (χ1n) is 14.6. The van der Waals surface area contributed by atoms with Gasteiger partial charge in [-0.2, -0.15) is 0 Å². The maximum absolute atomic E-state index is 12.3. The molecule has 0 spiro atoms. The van der Waals surface area contributed by atoms with Crippen molar-refractivity contribution in [3.63, 3.8) is 0 Å². The lowest BCUT2D eigenvalue weighted by Gasteiger charge is -2.63. The third-order valence-electron chi connectivity index (χ3n) is 10.8. The summed E-state index contributed by atoms with van der Waals surface area (Å²) in [5.41, 5.74) is -0.205. The van der Waals surface area contributed by atoms with Gasteiger partial charge < -0.3 is 19.3 Å². The first-order chi connectivity index (χ1) is 17.4. The molecule has 7 nitrogen and oxygen atoms in total. The van der Waals surface area contributed by atoms with Crippen LogP contribution in [-0.4, -0.2) is 47.4 Å². The molecular weight excluding hydrogens is 472 g/mol. The topological polar surface area (TPSA) is 99.1 Å². The number of hydrogen-bond donors (Lipinski definition) is 1. The number of aliphatic hydroxyl groups excluding tert-OH is 1. The first-order valence-corrected chi connectivity index (χ1v) is 14.6. The maximum Gasteiger partial charge on any atom is 0.306 e.